The molecule has 6 nitrogen and oxygen atoms in total. The Balaban J connectivity index is 1.79. The van der Waals surface area contributed by atoms with E-state index < -0.39 is 0 Å². The summed E-state index contributed by atoms with van der Waals surface area (Å²) in [6.07, 6.45) is 1.49. The van der Waals surface area contributed by atoms with E-state index in [1.54, 1.807) is 18.2 Å². The van der Waals surface area contributed by atoms with Crippen molar-refractivity contribution in [3.05, 3.63) is 42.4 Å². The molecule has 2 heterocycles. The van der Waals surface area contributed by atoms with Gasteiger partial charge in [0.1, 0.15) is 0 Å². The summed E-state index contributed by atoms with van der Waals surface area (Å²) < 4.78 is 5.15. The number of hydrogen-bond acceptors (Lipinski definition) is 5. The quantitative estimate of drug-likeness (QED) is 0.847. The summed E-state index contributed by atoms with van der Waals surface area (Å²) in [7, 11) is 0. The molecule has 1 aromatic heterocycles. The normalized spacial score (nSPS) is 15.6. The van der Waals surface area contributed by atoms with Crippen LogP contribution >= 0.6 is 0 Å². The highest BCUT2D eigenvalue weighted by atomic mass is 16.3. The summed E-state index contributed by atoms with van der Waals surface area (Å²) in [6.45, 7) is 7.15. The molecule has 122 valence electrons. The molecule has 1 fully saturated rings. The van der Waals surface area contributed by atoms with Crippen molar-refractivity contribution in [2.75, 3.05) is 48.7 Å². The number of furan rings is 1. The Morgan fingerprint density at radius 2 is 2.04 bits per heavy atom. The fraction of sp³-hybridized carbons (Fsp3) is 0.353. The highest BCUT2D eigenvalue weighted by Gasteiger charge is 2.20. The molecule has 0 unspecified atom stereocenters. The Hall–Kier alpha value is -2.47. The van der Waals surface area contributed by atoms with Crippen molar-refractivity contribution in [2.24, 2.45) is 0 Å². The topological polar surface area (TPSA) is 74.7 Å². The summed E-state index contributed by atoms with van der Waals surface area (Å²) in [5, 5.41) is 2.91. The molecule has 0 radical (unpaired) electrons. The van der Waals surface area contributed by atoms with Gasteiger partial charge in [-0.3, -0.25) is 4.79 Å². The number of hydrogen-bond donors (Lipinski definition) is 2. The minimum atomic E-state index is -0.269. The van der Waals surface area contributed by atoms with Crippen LogP contribution in [0.5, 0.6) is 0 Å². The van der Waals surface area contributed by atoms with Crippen LogP contribution in [0.2, 0.25) is 0 Å². The summed E-state index contributed by atoms with van der Waals surface area (Å²) in [4.78, 5) is 16.9. The van der Waals surface area contributed by atoms with Crippen LogP contribution in [0.3, 0.4) is 0 Å². The zero-order valence-electron chi connectivity index (χ0n) is 13.3. The van der Waals surface area contributed by atoms with E-state index in [1.165, 1.54) is 6.26 Å². The van der Waals surface area contributed by atoms with Crippen molar-refractivity contribution in [1.82, 2.24) is 4.90 Å². The molecule has 0 atom stereocenters. The smallest absolute Gasteiger partial charge is 0.291 e. The lowest BCUT2D eigenvalue weighted by molar-refractivity contribution is 0.0996. The van der Waals surface area contributed by atoms with Gasteiger partial charge in [-0.15, -0.1) is 0 Å². The second kappa shape index (κ2) is 6.75. The van der Waals surface area contributed by atoms with Gasteiger partial charge >= 0.3 is 0 Å². The molecule has 0 saturated carbocycles. The molecule has 1 aromatic carbocycles. The summed E-state index contributed by atoms with van der Waals surface area (Å²) in [5.74, 6) is 0.0169. The van der Waals surface area contributed by atoms with E-state index >= 15 is 0 Å². The maximum absolute atomic E-state index is 12.2. The number of carbonyl (C=O) groups excluding carboxylic acids is 1. The van der Waals surface area contributed by atoms with E-state index in [1.807, 2.05) is 12.1 Å². The van der Waals surface area contributed by atoms with Gasteiger partial charge in [-0.2, -0.15) is 0 Å². The number of likely N-dealkylation sites (N-methyl/N-ethyl adjacent to an activating group) is 1. The van der Waals surface area contributed by atoms with Gasteiger partial charge in [-0.05, 0) is 36.9 Å². The lowest BCUT2D eigenvalue weighted by Gasteiger charge is -2.36. The number of anilines is 3. The van der Waals surface area contributed by atoms with E-state index in [4.69, 9.17) is 10.2 Å². The summed E-state index contributed by atoms with van der Waals surface area (Å²) in [5.41, 5.74) is 8.23. The first kappa shape index (κ1) is 15.4. The minimum absolute atomic E-state index is 0.269. The van der Waals surface area contributed by atoms with E-state index in [0.29, 0.717) is 5.69 Å². The molecule has 0 spiro atoms. The molecule has 0 aliphatic carbocycles. The molecular formula is C17H22N4O2. The molecular weight excluding hydrogens is 292 g/mol. The fourth-order valence-electron chi connectivity index (χ4n) is 2.83. The number of piperazine rings is 1. The van der Waals surface area contributed by atoms with Gasteiger partial charge in [0.05, 0.1) is 17.6 Å². The van der Waals surface area contributed by atoms with Crippen LogP contribution in [-0.4, -0.2) is 43.5 Å². The molecule has 0 bridgehead atoms. The Morgan fingerprint density at radius 1 is 1.26 bits per heavy atom. The molecule has 6 heteroatoms. The third-order valence-electron chi connectivity index (χ3n) is 4.17. The molecule has 23 heavy (non-hydrogen) atoms. The molecule has 3 N–H and O–H groups in total. The monoisotopic (exact) mass is 314 g/mol. The Labute approximate surface area is 135 Å². The number of nitrogens with two attached hydrogens (primary N) is 1. The Bertz CT molecular complexity index is 661. The first-order valence-electron chi connectivity index (χ1n) is 7.89. The van der Waals surface area contributed by atoms with Gasteiger partial charge in [0, 0.05) is 31.9 Å². The SMILES string of the molecule is CCN1CCN(c2ccc(N)cc2NC(=O)c2ccco2)CC1. The van der Waals surface area contributed by atoms with Crippen LogP contribution in [0.15, 0.2) is 41.0 Å². The third kappa shape index (κ3) is 3.48. The number of nitrogens with one attached hydrogen (secondary N) is 1. The first-order valence-corrected chi connectivity index (χ1v) is 7.89. The van der Waals surface area contributed by atoms with Crippen LogP contribution in [-0.2, 0) is 0 Å². The number of rotatable bonds is 4. The second-order valence-electron chi connectivity index (χ2n) is 5.63. The van der Waals surface area contributed by atoms with E-state index in [0.717, 1.165) is 44.1 Å². The van der Waals surface area contributed by atoms with Crippen LogP contribution in [0.25, 0.3) is 0 Å². The highest BCUT2D eigenvalue weighted by molar-refractivity contribution is 6.04. The third-order valence-corrected chi connectivity index (χ3v) is 4.17. The van der Waals surface area contributed by atoms with Gasteiger partial charge in [-0.25, -0.2) is 0 Å². The van der Waals surface area contributed by atoms with Crippen molar-refractivity contribution >= 4 is 23.0 Å². The predicted octanol–water partition coefficient (Wildman–Crippen LogP) is 2.26. The summed E-state index contributed by atoms with van der Waals surface area (Å²) >= 11 is 0. The van der Waals surface area contributed by atoms with Crippen LogP contribution < -0.4 is 16.0 Å². The van der Waals surface area contributed by atoms with Crippen molar-refractivity contribution in [3.8, 4) is 0 Å². The van der Waals surface area contributed by atoms with Gasteiger partial charge in [0.2, 0.25) is 0 Å². The lowest BCUT2D eigenvalue weighted by Crippen LogP contribution is -2.46. The molecule has 2 aromatic rings. The number of nitrogens with zero attached hydrogens (tertiary/aromatic N) is 2. The number of nitrogen functional groups attached to an aromatic ring is 1. The van der Waals surface area contributed by atoms with Crippen molar-refractivity contribution < 1.29 is 9.21 Å². The zero-order chi connectivity index (χ0) is 16.2. The zero-order valence-corrected chi connectivity index (χ0v) is 13.3. The van der Waals surface area contributed by atoms with Crippen molar-refractivity contribution in [1.29, 1.82) is 0 Å². The average Bonchev–Trinajstić information content (AvgIpc) is 3.10. The van der Waals surface area contributed by atoms with Gasteiger partial charge in [0.15, 0.2) is 5.76 Å². The van der Waals surface area contributed by atoms with Crippen LogP contribution in [0.4, 0.5) is 17.1 Å². The maximum atomic E-state index is 12.2. The molecule has 1 aliphatic heterocycles. The largest absolute Gasteiger partial charge is 0.459 e. The van der Waals surface area contributed by atoms with Crippen molar-refractivity contribution in [3.63, 3.8) is 0 Å². The lowest BCUT2D eigenvalue weighted by atomic mass is 10.2. The number of amides is 1. The van der Waals surface area contributed by atoms with Gasteiger partial charge in [-0.1, -0.05) is 6.92 Å². The molecule has 3 rings (SSSR count). The minimum Gasteiger partial charge on any atom is -0.459 e. The van der Waals surface area contributed by atoms with Crippen molar-refractivity contribution in [2.45, 2.75) is 6.92 Å². The van der Waals surface area contributed by atoms with Crippen LogP contribution in [0, 0.1) is 0 Å². The number of carbonyl (C=O) groups is 1. The average molecular weight is 314 g/mol. The van der Waals surface area contributed by atoms with Crippen LogP contribution in [0.1, 0.15) is 17.5 Å². The standard InChI is InChI=1S/C17H22N4O2/c1-2-20-7-9-21(10-8-20)15-6-5-13(18)12-14(15)19-17(22)16-4-3-11-23-16/h3-6,11-12H,2,7-10,18H2,1H3,(H,19,22). The second-order valence-corrected chi connectivity index (χ2v) is 5.63. The Morgan fingerprint density at radius 3 is 2.70 bits per heavy atom. The van der Waals surface area contributed by atoms with Gasteiger partial charge in [0.25, 0.3) is 5.91 Å². The molecule has 1 saturated heterocycles. The fourth-order valence-corrected chi connectivity index (χ4v) is 2.83. The number of benzene rings is 1. The first-order chi connectivity index (χ1) is 11.2. The highest BCUT2D eigenvalue weighted by Crippen LogP contribution is 2.29. The van der Waals surface area contributed by atoms with Gasteiger partial charge < -0.3 is 25.3 Å². The van der Waals surface area contributed by atoms with E-state index in [2.05, 4.69) is 22.0 Å². The predicted molar refractivity (Wildman–Crippen MR) is 91.8 cm³/mol. The molecule has 1 amide bonds. The van der Waals surface area contributed by atoms with E-state index in [-0.39, 0.29) is 11.7 Å². The Kier molecular flexibility index (Phi) is 4.52. The maximum Gasteiger partial charge on any atom is 0.291 e. The molecule has 1 aliphatic rings. The van der Waals surface area contributed by atoms with E-state index in [9.17, 15) is 4.79 Å². The summed E-state index contributed by atoms with van der Waals surface area (Å²) in [6, 6.07) is 8.96.